The Bertz CT molecular complexity index is 1730. The first-order valence-corrected chi connectivity index (χ1v) is 36.5. The van der Waals surface area contributed by atoms with Gasteiger partial charge in [0.05, 0.1) is 27.1 Å². The van der Waals surface area contributed by atoms with E-state index in [0.717, 1.165) is 148 Å². The number of aliphatic hydroxyl groups is 4. The monoisotopic (exact) mass is 1340 g/mol. The van der Waals surface area contributed by atoms with Crippen molar-refractivity contribution >= 4 is 29.8 Å². The third-order valence-corrected chi connectivity index (χ3v) is 19.0. The Morgan fingerprint density at radius 2 is 0.387 bits per heavy atom. The summed E-state index contributed by atoms with van der Waals surface area (Å²) in [7, 11) is 0. The van der Waals surface area contributed by atoms with Crippen LogP contribution in [0.15, 0.2) is 0 Å². The molecule has 0 spiro atoms. The van der Waals surface area contributed by atoms with Gasteiger partial charge in [0.2, 0.25) is 0 Å². The van der Waals surface area contributed by atoms with Crippen molar-refractivity contribution in [2.24, 2.45) is 61.1 Å². The Morgan fingerprint density at radius 1 is 0.237 bits per heavy atom. The zero-order valence-electron chi connectivity index (χ0n) is 63.7. The standard InChI is InChI=1S/C20H38O5.C20H40O4.C19H40.C18H34O5.2H2O/c1-19(2,17(22)23)13-9-5-7-11-16(15-21)12-8-6-10-14-20(3,4)18(24)25;1-19(2,16-22)13-9-5-7-11-17(15-21)12-8-6-10-14-20(3,4)18(23)24;1-18(2,3)16-14-12-10-8-7-9-11-13-15-17-19(4,5)6;1-17(2,15(20)21)11-7-5-9-14(13-19)10-6-8-12-18(3,4)16(22)23;;/h16,21H,5-15H2,1-4H3,(H,22,23)(H,24,25);17,21-22H,5-16H2,1-4H3,(H,23,24);7-17H2,1-6H3;14,19H,5-13H2,1-4H3,(H,20,21)(H,22,23);2*1H2. The van der Waals surface area contributed by atoms with Crippen LogP contribution in [0.2, 0.25) is 0 Å². The van der Waals surface area contributed by atoms with Crippen molar-refractivity contribution in [2.75, 3.05) is 26.4 Å². The number of aliphatic carboxylic acids is 5. The van der Waals surface area contributed by atoms with Crippen molar-refractivity contribution in [1.29, 1.82) is 0 Å². The molecule has 93 heavy (non-hydrogen) atoms. The van der Waals surface area contributed by atoms with Gasteiger partial charge in [-0.25, -0.2) is 0 Å². The number of carbonyl (C=O) groups is 5. The van der Waals surface area contributed by atoms with E-state index in [1.807, 2.05) is 0 Å². The van der Waals surface area contributed by atoms with E-state index in [-0.39, 0.29) is 48.7 Å². The van der Waals surface area contributed by atoms with Crippen molar-refractivity contribution in [3.63, 3.8) is 0 Å². The molecule has 0 heterocycles. The highest BCUT2D eigenvalue weighted by atomic mass is 16.4. The van der Waals surface area contributed by atoms with Crippen molar-refractivity contribution in [3.8, 4) is 0 Å². The van der Waals surface area contributed by atoms with Gasteiger partial charge in [0.1, 0.15) is 0 Å². The molecular weight excluding hydrogens is 1180 g/mol. The molecule has 13 N–H and O–H groups in total. The molecule has 0 radical (unpaired) electrons. The molecule has 0 bridgehead atoms. The maximum atomic E-state index is 11.0. The summed E-state index contributed by atoms with van der Waals surface area (Å²) in [4.78, 5) is 55.2. The van der Waals surface area contributed by atoms with Gasteiger partial charge < -0.3 is 56.9 Å². The van der Waals surface area contributed by atoms with Gasteiger partial charge in [0.25, 0.3) is 0 Å². The van der Waals surface area contributed by atoms with Crippen LogP contribution in [0.25, 0.3) is 0 Å². The normalized spacial score (nSPS) is 12.7. The predicted molar refractivity (Wildman–Crippen MR) is 386 cm³/mol. The summed E-state index contributed by atoms with van der Waals surface area (Å²) in [6, 6.07) is 0. The molecule has 16 nitrogen and oxygen atoms in total. The van der Waals surface area contributed by atoms with Crippen LogP contribution in [0.1, 0.15) is 375 Å². The Morgan fingerprint density at radius 3 is 0.559 bits per heavy atom. The molecule has 0 saturated carbocycles. The average Bonchev–Trinajstić information content (AvgIpc) is 2.13. The molecule has 0 aromatic heterocycles. The quantitative estimate of drug-likeness (QED) is 0.0256. The summed E-state index contributed by atoms with van der Waals surface area (Å²) in [6.07, 6.45) is 42.0. The van der Waals surface area contributed by atoms with E-state index in [1.165, 1.54) is 70.6 Å². The van der Waals surface area contributed by atoms with Crippen LogP contribution in [0, 0.1) is 61.1 Å². The highest BCUT2D eigenvalue weighted by Gasteiger charge is 2.30. The molecule has 560 valence electrons. The minimum atomic E-state index is -0.766. The van der Waals surface area contributed by atoms with Crippen LogP contribution in [0.4, 0.5) is 0 Å². The van der Waals surface area contributed by atoms with Gasteiger partial charge in [-0.1, -0.05) is 216 Å². The van der Waals surface area contributed by atoms with Gasteiger partial charge in [-0.2, -0.15) is 0 Å². The zero-order valence-corrected chi connectivity index (χ0v) is 63.7. The van der Waals surface area contributed by atoms with E-state index in [1.54, 1.807) is 69.2 Å². The Kier molecular flexibility index (Phi) is 59.9. The number of carboxylic acids is 5. The van der Waals surface area contributed by atoms with Crippen LogP contribution >= 0.6 is 0 Å². The van der Waals surface area contributed by atoms with Crippen molar-refractivity contribution in [1.82, 2.24) is 0 Å². The number of carboxylic acid groups (broad SMARTS) is 5. The molecule has 0 aliphatic carbocycles. The smallest absolute Gasteiger partial charge is 0.309 e. The van der Waals surface area contributed by atoms with E-state index in [9.17, 15) is 44.4 Å². The average molecular weight is 1340 g/mol. The minimum Gasteiger partial charge on any atom is -0.481 e. The van der Waals surface area contributed by atoms with Crippen LogP contribution in [0.3, 0.4) is 0 Å². The molecule has 0 aromatic rings. The van der Waals surface area contributed by atoms with Gasteiger partial charge in [-0.15, -0.1) is 0 Å². The maximum Gasteiger partial charge on any atom is 0.309 e. The summed E-state index contributed by atoms with van der Waals surface area (Å²) in [5, 5.41) is 83.0. The molecule has 0 fully saturated rings. The zero-order chi connectivity index (χ0) is 71.0. The summed E-state index contributed by atoms with van der Waals surface area (Å²) in [5.41, 5.74) is -2.20. The maximum absolute atomic E-state index is 11.0. The fraction of sp³-hybridized carbons (Fsp3) is 0.935. The third-order valence-electron chi connectivity index (χ3n) is 19.0. The first-order chi connectivity index (χ1) is 41.9. The molecule has 0 aliphatic rings. The molecule has 1 atom stereocenters. The van der Waals surface area contributed by atoms with Crippen molar-refractivity contribution < 1.29 is 80.9 Å². The molecule has 0 amide bonds. The van der Waals surface area contributed by atoms with Crippen LogP contribution in [0.5, 0.6) is 0 Å². The molecular formula is C77H156O16. The molecule has 0 saturated heterocycles. The largest absolute Gasteiger partial charge is 0.481 e. The fourth-order valence-electron chi connectivity index (χ4n) is 10.9. The number of rotatable bonds is 53. The van der Waals surface area contributed by atoms with Crippen LogP contribution in [-0.4, -0.2) is 113 Å². The highest BCUT2D eigenvalue weighted by molar-refractivity contribution is 5.75. The van der Waals surface area contributed by atoms with Gasteiger partial charge in [0, 0.05) is 26.4 Å². The second-order valence-corrected chi connectivity index (χ2v) is 34.1. The van der Waals surface area contributed by atoms with Gasteiger partial charge >= 0.3 is 29.8 Å². The Hall–Kier alpha value is -2.89. The number of unbranched alkanes of at least 4 members (excludes halogenated alkanes) is 18. The second-order valence-electron chi connectivity index (χ2n) is 34.1. The Labute approximate surface area is 570 Å². The summed E-state index contributed by atoms with van der Waals surface area (Å²) >= 11 is 0. The molecule has 1 unspecified atom stereocenters. The van der Waals surface area contributed by atoms with Crippen LogP contribution < -0.4 is 0 Å². The van der Waals surface area contributed by atoms with E-state index in [4.69, 9.17) is 25.5 Å². The fourth-order valence-corrected chi connectivity index (χ4v) is 10.9. The molecule has 0 aromatic carbocycles. The molecule has 0 aliphatic heterocycles. The Balaban J connectivity index is -0.000000271. The van der Waals surface area contributed by atoms with Crippen molar-refractivity contribution in [2.45, 2.75) is 375 Å². The lowest BCUT2D eigenvalue weighted by Crippen LogP contribution is -2.23. The van der Waals surface area contributed by atoms with Gasteiger partial charge in [0.15, 0.2) is 0 Å². The lowest BCUT2D eigenvalue weighted by Gasteiger charge is -2.21. The van der Waals surface area contributed by atoms with E-state index in [2.05, 4.69) is 55.4 Å². The summed E-state index contributed by atoms with van der Waals surface area (Å²) < 4.78 is 0. The van der Waals surface area contributed by atoms with E-state index < -0.39 is 56.9 Å². The first-order valence-electron chi connectivity index (χ1n) is 36.5. The SMILES string of the molecule is CC(C)(C)CCCCCCCCCCCC(C)(C)C.CC(C)(CCCCC(CO)CCCCC(C)(C)C(=O)O)C(=O)O.CC(C)(CCCCCC(CO)CCCCCC(C)(C)C(=O)O)C(=O)O.CC(C)(CO)CCCCCC(CO)CCCCCC(C)(C)C(=O)O.O.O. The lowest BCUT2D eigenvalue weighted by molar-refractivity contribution is -0.148. The first kappa shape index (κ1) is 101. The molecule has 16 heteroatoms. The van der Waals surface area contributed by atoms with Crippen molar-refractivity contribution in [3.05, 3.63) is 0 Å². The molecule has 0 rings (SSSR count). The highest BCUT2D eigenvalue weighted by Crippen LogP contribution is 2.32. The third kappa shape index (κ3) is 62.4. The van der Waals surface area contributed by atoms with Gasteiger partial charge in [-0.05, 0) is 193 Å². The van der Waals surface area contributed by atoms with Crippen LogP contribution in [-0.2, 0) is 24.0 Å². The summed E-state index contributed by atoms with van der Waals surface area (Å²) in [6.45, 7) is 36.7. The van der Waals surface area contributed by atoms with Gasteiger partial charge in [-0.3, -0.25) is 24.0 Å². The number of aliphatic hydroxyl groups excluding tert-OH is 4. The predicted octanol–water partition coefficient (Wildman–Crippen LogP) is 19.0. The number of hydrogen-bond acceptors (Lipinski definition) is 9. The topological polar surface area (TPSA) is 330 Å². The lowest BCUT2D eigenvalue weighted by atomic mass is 9.85. The second kappa shape index (κ2) is 55.0. The van der Waals surface area contributed by atoms with E-state index in [0.29, 0.717) is 54.8 Å². The minimum absolute atomic E-state index is 0. The number of hydrogen-bond donors (Lipinski definition) is 9. The summed E-state index contributed by atoms with van der Waals surface area (Å²) in [5.74, 6) is -2.83. The van der Waals surface area contributed by atoms with E-state index >= 15 is 0 Å².